The molecule has 0 aliphatic carbocycles. The molecule has 98 valence electrons. The summed E-state index contributed by atoms with van der Waals surface area (Å²) in [6, 6.07) is 8.95. The van der Waals surface area contributed by atoms with Gasteiger partial charge in [-0.2, -0.15) is 10.2 Å². The fraction of sp³-hybridized carbons (Fsp3) is 0.154. The molecule has 0 saturated carbocycles. The molecule has 0 atom stereocenters. The summed E-state index contributed by atoms with van der Waals surface area (Å²) in [4.78, 5) is 11.6. The van der Waals surface area contributed by atoms with Crippen LogP contribution in [0.2, 0.25) is 0 Å². The minimum Gasteiger partial charge on any atom is -0.497 e. The Bertz CT molecular complexity index is 587. The summed E-state index contributed by atoms with van der Waals surface area (Å²) in [7, 11) is 3.35. The quantitative estimate of drug-likeness (QED) is 0.661. The van der Waals surface area contributed by atoms with E-state index in [1.807, 2.05) is 24.3 Å². The molecule has 6 heteroatoms. The lowest BCUT2D eigenvalue weighted by atomic mass is 10.2. The van der Waals surface area contributed by atoms with E-state index in [0.717, 1.165) is 11.3 Å². The molecule has 1 amide bonds. The standard InChI is InChI=1S/C13H14N4O2/c1-17-8-7-12(16-17)13(18)15-14-9-10-3-5-11(19-2)6-4-10/h3-9H,1-2H3,(H,15,18)/b14-9+. The number of ether oxygens (including phenoxy) is 1. The number of carbonyl (C=O) groups excluding carboxylic acids is 1. The molecule has 0 bridgehead atoms. The van der Waals surface area contributed by atoms with Crippen molar-refractivity contribution in [1.29, 1.82) is 0 Å². The molecular formula is C13H14N4O2. The third-order valence-corrected chi connectivity index (χ3v) is 2.44. The van der Waals surface area contributed by atoms with Crippen LogP contribution in [0.5, 0.6) is 5.75 Å². The number of methoxy groups -OCH3 is 1. The van der Waals surface area contributed by atoms with Crippen molar-refractivity contribution >= 4 is 12.1 Å². The van der Waals surface area contributed by atoms with Crippen molar-refractivity contribution in [1.82, 2.24) is 15.2 Å². The largest absolute Gasteiger partial charge is 0.497 e. The molecule has 2 rings (SSSR count). The number of hydrogen-bond donors (Lipinski definition) is 1. The van der Waals surface area contributed by atoms with E-state index in [1.165, 1.54) is 0 Å². The number of nitrogens with zero attached hydrogens (tertiary/aromatic N) is 3. The van der Waals surface area contributed by atoms with Crippen molar-refractivity contribution in [2.45, 2.75) is 0 Å². The lowest BCUT2D eigenvalue weighted by Crippen LogP contribution is -2.18. The number of aromatic nitrogens is 2. The predicted octanol–water partition coefficient (Wildman–Crippen LogP) is 1.19. The van der Waals surface area contributed by atoms with Gasteiger partial charge in [0, 0.05) is 13.2 Å². The summed E-state index contributed by atoms with van der Waals surface area (Å²) in [6.45, 7) is 0. The lowest BCUT2D eigenvalue weighted by molar-refractivity contribution is 0.0949. The minimum atomic E-state index is -0.342. The molecule has 0 unspecified atom stereocenters. The zero-order valence-electron chi connectivity index (χ0n) is 10.7. The van der Waals surface area contributed by atoms with Gasteiger partial charge < -0.3 is 4.74 Å². The van der Waals surface area contributed by atoms with Crippen molar-refractivity contribution in [2.24, 2.45) is 12.1 Å². The van der Waals surface area contributed by atoms with Crippen LogP contribution in [0.4, 0.5) is 0 Å². The molecule has 19 heavy (non-hydrogen) atoms. The molecule has 0 aliphatic heterocycles. The maximum absolute atomic E-state index is 11.6. The zero-order valence-corrected chi connectivity index (χ0v) is 10.7. The van der Waals surface area contributed by atoms with Gasteiger partial charge in [-0.3, -0.25) is 9.48 Å². The van der Waals surface area contributed by atoms with Crippen LogP contribution in [0.3, 0.4) is 0 Å². The van der Waals surface area contributed by atoms with Gasteiger partial charge in [-0.05, 0) is 35.9 Å². The first kappa shape index (κ1) is 12.8. The van der Waals surface area contributed by atoms with Crippen LogP contribution in [0.25, 0.3) is 0 Å². The smallest absolute Gasteiger partial charge is 0.291 e. The summed E-state index contributed by atoms with van der Waals surface area (Å²) in [5.74, 6) is 0.431. The molecule has 1 heterocycles. The van der Waals surface area contributed by atoms with Gasteiger partial charge in [-0.15, -0.1) is 0 Å². The van der Waals surface area contributed by atoms with E-state index in [0.29, 0.717) is 5.69 Å². The topological polar surface area (TPSA) is 68.5 Å². The van der Waals surface area contributed by atoms with E-state index < -0.39 is 0 Å². The van der Waals surface area contributed by atoms with Gasteiger partial charge in [0.15, 0.2) is 5.69 Å². The minimum absolute atomic E-state index is 0.328. The van der Waals surface area contributed by atoms with E-state index in [9.17, 15) is 4.79 Å². The third-order valence-electron chi connectivity index (χ3n) is 2.44. The summed E-state index contributed by atoms with van der Waals surface area (Å²) in [6.07, 6.45) is 3.25. The highest BCUT2D eigenvalue weighted by molar-refractivity contribution is 5.93. The summed E-state index contributed by atoms with van der Waals surface area (Å²) < 4.78 is 6.60. The van der Waals surface area contributed by atoms with Crippen molar-refractivity contribution in [2.75, 3.05) is 7.11 Å². The molecule has 6 nitrogen and oxygen atoms in total. The summed E-state index contributed by atoms with van der Waals surface area (Å²) in [5.41, 5.74) is 3.60. The van der Waals surface area contributed by atoms with Crippen LogP contribution in [0.1, 0.15) is 16.1 Å². The van der Waals surface area contributed by atoms with Gasteiger partial charge in [0.05, 0.1) is 13.3 Å². The molecule has 0 radical (unpaired) electrons. The maximum atomic E-state index is 11.6. The Hall–Kier alpha value is -2.63. The summed E-state index contributed by atoms with van der Waals surface area (Å²) in [5, 5.41) is 7.84. The van der Waals surface area contributed by atoms with Crippen LogP contribution >= 0.6 is 0 Å². The first-order chi connectivity index (χ1) is 9.19. The summed E-state index contributed by atoms with van der Waals surface area (Å²) >= 11 is 0. The number of carbonyl (C=O) groups is 1. The number of aryl methyl sites for hydroxylation is 1. The van der Waals surface area contributed by atoms with Gasteiger partial charge in [0.25, 0.3) is 5.91 Å². The van der Waals surface area contributed by atoms with Crippen LogP contribution in [0.15, 0.2) is 41.6 Å². The van der Waals surface area contributed by atoms with Crippen LogP contribution in [0, 0.1) is 0 Å². The SMILES string of the molecule is COc1ccc(/C=N/NC(=O)c2ccn(C)n2)cc1. The van der Waals surface area contributed by atoms with Crippen molar-refractivity contribution < 1.29 is 9.53 Å². The Morgan fingerprint density at radius 3 is 2.68 bits per heavy atom. The fourth-order valence-electron chi connectivity index (χ4n) is 1.45. The second kappa shape index (κ2) is 5.81. The fourth-order valence-corrected chi connectivity index (χ4v) is 1.45. The molecular weight excluding hydrogens is 244 g/mol. The van der Waals surface area contributed by atoms with E-state index in [4.69, 9.17) is 4.74 Å². The number of hydrogen-bond acceptors (Lipinski definition) is 4. The first-order valence-corrected chi connectivity index (χ1v) is 5.66. The average Bonchev–Trinajstić information content (AvgIpc) is 2.86. The zero-order chi connectivity index (χ0) is 13.7. The first-order valence-electron chi connectivity index (χ1n) is 5.66. The Morgan fingerprint density at radius 2 is 2.11 bits per heavy atom. The molecule has 0 fully saturated rings. The lowest BCUT2D eigenvalue weighted by Gasteiger charge is -1.99. The number of nitrogens with one attached hydrogen (secondary N) is 1. The molecule has 1 aromatic heterocycles. The number of hydrazone groups is 1. The Kier molecular flexibility index (Phi) is 3.92. The van der Waals surface area contributed by atoms with E-state index in [2.05, 4.69) is 15.6 Å². The molecule has 0 spiro atoms. The van der Waals surface area contributed by atoms with Gasteiger partial charge in [-0.25, -0.2) is 5.43 Å². The second-order valence-corrected chi connectivity index (χ2v) is 3.85. The Balaban J connectivity index is 1.94. The van der Waals surface area contributed by atoms with E-state index in [1.54, 1.807) is 37.3 Å². The average molecular weight is 258 g/mol. The molecule has 1 aromatic carbocycles. The number of amides is 1. The Labute approximate surface area is 110 Å². The van der Waals surface area contributed by atoms with Crippen LogP contribution in [-0.4, -0.2) is 29.0 Å². The van der Waals surface area contributed by atoms with Crippen LogP contribution in [-0.2, 0) is 7.05 Å². The molecule has 0 saturated heterocycles. The number of rotatable bonds is 4. The highest BCUT2D eigenvalue weighted by Gasteiger charge is 2.06. The van der Waals surface area contributed by atoms with Gasteiger partial charge >= 0.3 is 0 Å². The van der Waals surface area contributed by atoms with Gasteiger partial charge in [-0.1, -0.05) is 0 Å². The van der Waals surface area contributed by atoms with Crippen molar-refractivity contribution in [3.8, 4) is 5.75 Å². The number of benzene rings is 1. The molecule has 1 N–H and O–H groups in total. The Morgan fingerprint density at radius 1 is 1.37 bits per heavy atom. The highest BCUT2D eigenvalue weighted by Crippen LogP contribution is 2.09. The van der Waals surface area contributed by atoms with Crippen LogP contribution < -0.4 is 10.2 Å². The normalized spacial score (nSPS) is 10.6. The maximum Gasteiger partial charge on any atom is 0.291 e. The van der Waals surface area contributed by atoms with Gasteiger partial charge in [0.1, 0.15) is 5.75 Å². The van der Waals surface area contributed by atoms with Crippen molar-refractivity contribution in [3.63, 3.8) is 0 Å². The molecule has 2 aromatic rings. The van der Waals surface area contributed by atoms with Crippen molar-refractivity contribution in [3.05, 3.63) is 47.8 Å². The monoisotopic (exact) mass is 258 g/mol. The van der Waals surface area contributed by atoms with E-state index in [-0.39, 0.29) is 5.91 Å². The van der Waals surface area contributed by atoms with E-state index >= 15 is 0 Å². The second-order valence-electron chi connectivity index (χ2n) is 3.85. The van der Waals surface area contributed by atoms with Gasteiger partial charge in [0.2, 0.25) is 0 Å². The highest BCUT2D eigenvalue weighted by atomic mass is 16.5. The molecule has 0 aliphatic rings. The third kappa shape index (κ3) is 3.41. The predicted molar refractivity (Wildman–Crippen MR) is 71.3 cm³/mol.